The van der Waals surface area contributed by atoms with E-state index in [1.54, 1.807) is 4.68 Å². The maximum absolute atomic E-state index is 12.4. The number of anilines is 1. The fourth-order valence-corrected chi connectivity index (χ4v) is 3.11. The maximum Gasteiger partial charge on any atom is 0.387 e. The van der Waals surface area contributed by atoms with Crippen LogP contribution in [-0.2, 0) is 10.0 Å². The molecule has 7 nitrogen and oxygen atoms in total. The van der Waals surface area contributed by atoms with Gasteiger partial charge in [0.25, 0.3) is 10.0 Å². The Hall–Kier alpha value is -2.23. The van der Waals surface area contributed by atoms with E-state index in [0.29, 0.717) is 0 Å². The van der Waals surface area contributed by atoms with Crippen molar-refractivity contribution in [2.75, 3.05) is 4.72 Å². The fourth-order valence-electron chi connectivity index (χ4n) is 2.15. The van der Waals surface area contributed by atoms with E-state index in [9.17, 15) is 17.2 Å². The third kappa shape index (κ3) is 3.41. The Morgan fingerprint density at radius 3 is 2.83 bits per heavy atom. The minimum Gasteiger partial charge on any atom is -0.431 e. The van der Waals surface area contributed by atoms with E-state index in [-0.39, 0.29) is 22.5 Å². The maximum atomic E-state index is 12.4. The summed E-state index contributed by atoms with van der Waals surface area (Å²) in [7, 11) is -3.99. The van der Waals surface area contributed by atoms with Crippen LogP contribution in [0.3, 0.4) is 0 Å². The molecule has 0 unspecified atom stereocenters. The van der Waals surface area contributed by atoms with Gasteiger partial charge in [0.05, 0.1) is 12.2 Å². The first-order valence-electron chi connectivity index (χ1n) is 6.92. The SMILES string of the molecule is O=S(=O)(Nc1ncccc1OC(F)F)c1cnn(C2CCC2)c1. The Bertz CT molecular complexity index is 790. The van der Waals surface area contributed by atoms with Gasteiger partial charge in [-0.2, -0.15) is 13.9 Å². The molecule has 1 N–H and O–H groups in total. The Morgan fingerprint density at radius 1 is 1.39 bits per heavy atom. The Morgan fingerprint density at radius 2 is 2.17 bits per heavy atom. The Kier molecular flexibility index (Phi) is 4.16. The topological polar surface area (TPSA) is 86.1 Å². The summed E-state index contributed by atoms with van der Waals surface area (Å²) < 4.78 is 57.4. The van der Waals surface area contributed by atoms with Crippen molar-refractivity contribution in [2.45, 2.75) is 36.8 Å². The predicted octanol–water partition coefficient (Wildman–Crippen LogP) is 2.41. The zero-order valence-corrected chi connectivity index (χ0v) is 12.7. The highest BCUT2D eigenvalue weighted by Gasteiger charge is 2.24. The highest BCUT2D eigenvalue weighted by Crippen LogP contribution is 2.31. The van der Waals surface area contributed by atoms with Gasteiger partial charge in [0.15, 0.2) is 11.6 Å². The minimum atomic E-state index is -3.99. The molecule has 1 saturated carbocycles. The summed E-state index contributed by atoms with van der Waals surface area (Å²) >= 11 is 0. The lowest BCUT2D eigenvalue weighted by Gasteiger charge is -2.25. The van der Waals surface area contributed by atoms with Gasteiger partial charge in [-0.05, 0) is 31.4 Å². The molecule has 1 aliphatic rings. The lowest BCUT2D eigenvalue weighted by Crippen LogP contribution is -2.18. The third-order valence-electron chi connectivity index (χ3n) is 3.55. The molecule has 3 rings (SSSR count). The van der Waals surface area contributed by atoms with Crippen LogP contribution < -0.4 is 9.46 Å². The largest absolute Gasteiger partial charge is 0.431 e. The van der Waals surface area contributed by atoms with Crippen LogP contribution in [-0.4, -0.2) is 29.8 Å². The molecule has 0 bridgehead atoms. The monoisotopic (exact) mass is 344 g/mol. The molecule has 0 amide bonds. The summed E-state index contributed by atoms with van der Waals surface area (Å²) in [6.45, 7) is -3.08. The first-order chi connectivity index (χ1) is 11.0. The predicted molar refractivity (Wildman–Crippen MR) is 76.8 cm³/mol. The van der Waals surface area contributed by atoms with E-state index in [1.165, 1.54) is 30.7 Å². The minimum absolute atomic E-state index is 0.0574. The Balaban J connectivity index is 1.82. The average Bonchev–Trinajstić information content (AvgIpc) is 2.88. The van der Waals surface area contributed by atoms with Gasteiger partial charge in [-0.3, -0.25) is 9.40 Å². The van der Waals surface area contributed by atoms with Gasteiger partial charge in [-0.15, -0.1) is 0 Å². The number of hydrogen-bond acceptors (Lipinski definition) is 5. The molecule has 0 saturated heterocycles. The van der Waals surface area contributed by atoms with Gasteiger partial charge >= 0.3 is 6.61 Å². The van der Waals surface area contributed by atoms with Crippen molar-refractivity contribution in [3.05, 3.63) is 30.7 Å². The van der Waals surface area contributed by atoms with Crippen molar-refractivity contribution in [3.8, 4) is 5.75 Å². The second kappa shape index (κ2) is 6.11. The van der Waals surface area contributed by atoms with E-state index in [2.05, 4.69) is 19.5 Å². The lowest BCUT2D eigenvalue weighted by molar-refractivity contribution is -0.0495. The highest BCUT2D eigenvalue weighted by molar-refractivity contribution is 7.92. The van der Waals surface area contributed by atoms with E-state index in [1.807, 2.05) is 0 Å². The number of ether oxygens (including phenoxy) is 1. The molecular weight excluding hydrogens is 330 g/mol. The molecule has 1 aliphatic carbocycles. The number of alkyl halides is 2. The molecule has 2 heterocycles. The normalized spacial score (nSPS) is 15.4. The van der Waals surface area contributed by atoms with Gasteiger partial charge in [-0.25, -0.2) is 13.4 Å². The summed E-state index contributed by atoms with van der Waals surface area (Å²) in [6.07, 6.45) is 6.92. The zero-order chi connectivity index (χ0) is 16.4. The van der Waals surface area contributed by atoms with Crippen LogP contribution in [0.4, 0.5) is 14.6 Å². The third-order valence-corrected chi connectivity index (χ3v) is 4.85. The number of nitrogens with one attached hydrogen (secondary N) is 1. The van der Waals surface area contributed by atoms with Crippen molar-refractivity contribution in [3.63, 3.8) is 0 Å². The van der Waals surface area contributed by atoms with Crippen molar-refractivity contribution >= 4 is 15.8 Å². The molecule has 1 fully saturated rings. The quantitative estimate of drug-likeness (QED) is 0.870. The average molecular weight is 344 g/mol. The lowest BCUT2D eigenvalue weighted by atomic mass is 9.93. The molecule has 10 heteroatoms. The standard InChI is InChI=1S/C13H14F2N4O3S/c14-13(15)22-11-5-2-6-16-12(11)18-23(20,21)10-7-17-19(8-10)9-3-1-4-9/h2,5-9,13H,1,3-4H2,(H,16,18). The van der Waals surface area contributed by atoms with Crippen molar-refractivity contribution in [1.82, 2.24) is 14.8 Å². The van der Waals surface area contributed by atoms with Gasteiger partial charge in [-0.1, -0.05) is 0 Å². The smallest absolute Gasteiger partial charge is 0.387 e. The van der Waals surface area contributed by atoms with Crippen molar-refractivity contribution in [1.29, 1.82) is 0 Å². The fraction of sp³-hybridized carbons (Fsp3) is 0.385. The van der Waals surface area contributed by atoms with E-state index >= 15 is 0 Å². The highest BCUT2D eigenvalue weighted by atomic mass is 32.2. The van der Waals surface area contributed by atoms with Crippen LogP contribution in [0.2, 0.25) is 0 Å². The van der Waals surface area contributed by atoms with Crippen LogP contribution in [0, 0.1) is 0 Å². The van der Waals surface area contributed by atoms with Gasteiger partial charge in [0, 0.05) is 12.4 Å². The van der Waals surface area contributed by atoms with Crippen molar-refractivity contribution in [2.24, 2.45) is 0 Å². The number of nitrogens with zero attached hydrogens (tertiary/aromatic N) is 3. The molecule has 124 valence electrons. The number of aromatic nitrogens is 3. The van der Waals surface area contributed by atoms with Gasteiger partial charge in [0.2, 0.25) is 0 Å². The number of halogens is 2. The molecular formula is C13H14F2N4O3S. The van der Waals surface area contributed by atoms with Gasteiger partial charge < -0.3 is 4.74 Å². The molecule has 0 aliphatic heterocycles. The summed E-state index contributed by atoms with van der Waals surface area (Å²) in [4.78, 5) is 3.68. The first kappa shape index (κ1) is 15.7. The van der Waals surface area contributed by atoms with E-state index in [4.69, 9.17) is 0 Å². The molecule has 0 aromatic carbocycles. The molecule has 23 heavy (non-hydrogen) atoms. The second-order valence-electron chi connectivity index (χ2n) is 5.07. The summed E-state index contributed by atoms with van der Waals surface area (Å²) in [5, 5.41) is 4.04. The number of rotatable bonds is 6. The molecule has 2 aromatic rings. The first-order valence-corrected chi connectivity index (χ1v) is 8.41. The molecule has 0 radical (unpaired) electrons. The number of pyridine rings is 1. The van der Waals surface area contributed by atoms with Crippen LogP contribution in [0.5, 0.6) is 5.75 Å². The van der Waals surface area contributed by atoms with Crippen molar-refractivity contribution < 1.29 is 21.9 Å². The van der Waals surface area contributed by atoms with E-state index in [0.717, 1.165) is 19.3 Å². The zero-order valence-electron chi connectivity index (χ0n) is 11.9. The summed E-state index contributed by atoms with van der Waals surface area (Å²) in [6, 6.07) is 2.78. The van der Waals surface area contributed by atoms with E-state index < -0.39 is 16.6 Å². The molecule has 0 atom stereocenters. The van der Waals surface area contributed by atoms with Crippen LogP contribution in [0.1, 0.15) is 25.3 Å². The number of hydrogen-bond donors (Lipinski definition) is 1. The van der Waals surface area contributed by atoms with Crippen LogP contribution >= 0.6 is 0 Å². The summed E-state index contributed by atoms with van der Waals surface area (Å²) in [5.41, 5.74) is 0. The Labute approximate surface area is 131 Å². The molecule has 2 aromatic heterocycles. The summed E-state index contributed by atoms with van der Waals surface area (Å²) in [5.74, 6) is -0.651. The van der Waals surface area contributed by atoms with Crippen LogP contribution in [0.25, 0.3) is 0 Å². The van der Waals surface area contributed by atoms with Crippen LogP contribution in [0.15, 0.2) is 35.6 Å². The second-order valence-corrected chi connectivity index (χ2v) is 6.76. The van der Waals surface area contributed by atoms with Gasteiger partial charge in [0.1, 0.15) is 4.90 Å². The number of sulfonamides is 1. The molecule has 0 spiro atoms.